The molecule has 0 aromatic heterocycles. The molecule has 0 unspecified atom stereocenters. The van der Waals surface area contributed by atoms with E-state index in [9.17, 15) is 0 Å². The van der Waals surface area contributed by atoms with E-state index in [1.807, 2.05) is 55.5 Å². The molecular weight excluding hydrogens is 521 g/mol. The minimum atomic E-state index is 0.359. The summed E-state index contributed by atoms with van der Waals surface area (Å²) in [5.74, 6) is 1.36. The summed E-state index contributed by atoms with van der Waals surface area (Å²) in [6, 6.07) is 17.3. The maximum absolute atomic E-state index is 6.25. The first kappa shape index (κ1) is 24.2. The second-order valence-corrected chi connectivity index (χ2v) is 8.99. The summed E-state index contributed by atoms with van der Waals surface area (Å²) in [4.78, 5) is 0. The van der Waals surface area contributed by atoms with E-state index in [0.29, 0.717) is 46.3 Å². The fourth-order valence-corrected chi connectivity index (χ4v) is 4.37. The molecule has 0 fully saturated rings. The number of halogens is 4. The monoisotopic (exact) mass is 541 g/mol. The van der Waals surface area contributed by atoms with Crippen molar-refractivity contribution in [3.05, 3.63) is 90.8 Å². The summed E-state index contributed by atoms with van der Waals surface area (Å²) in [7, 11) is 0. The molecule has 7 heteroatoms. The van der Waals surface area contributed by atoms with Crippen LogP contribution in [0.15, 0.2) is 59.1 Å². The van der Waals surface area contributed by atoms with Crippen LogP contribution in [0.1, 0.15) is 23.6 Å². The van der Waals surface area contributed by atoms with E-state index in [1.165, 1.54) is 0 Å². The SMILES string of the molecule is CCOc1cc(CNCCc2ccc(Cl)cc2Cl)cc(Br)c1OCc1ccccc1Cl. The third-order valence-electron chi connectivity index (χ3n) is 4.61. The zero-order valence-electron chi connectivity index (χ0n) is 17.1. The highest BCUT2D eigenvalue weighted by Crippen LogP contribution is 2.38. The van der Waals surface area contributed by atoms with Crippen LogP contribution in [0, 0.1) is 0 Å². The second-order valence-electron chi connectivity index (χ2n) is 6.88. The van der Waals surface area contributed by atoms with Crippen molar-refractivity contribution in [1.82, 2.24) is 5.32 Å². The molecule has 1 N–H and O–H groups in total. The first-order valence-electron chi connectivity index (χ1n) is 9.94. The van der Waals surface area contributed by atoms with E-state index < -0.39 is 0 Å². The molecule has 0 amide bonds. The van der Waals surface area contributed by atoms with Gasteiger partial charge in [0.1, 0.15) is 6.61 Å². The Morgan fingerprint density at radius 2 is 1.71 bits per heavy atom. The predicted molar refractivity (Wildman–Crippen MR) is 133 cm³/mol. The number of hydrogen-bond donors (Lipinski definition) is 1. The number of benzene rings is 3. The summed E-state index contributed by atoms with van der Waals surface area (Å²) in [6.07, 6.45) is 0.814. The highest BCUT2D eigenvalue weighted by molar-refractivity contribution is 9.10. The van der Waals surface area contributed by atoms with Crippen molar-refractivity contribution in [2.45, 2.75) is 26.5 Å². The molecule has 0 saturated carbocycles. The molecule has 3 rings (SSSR count). The van der Waals surface area contributed by atoms with Crippen molar-refractivity contribution in [1.29, 1.82) is 0 Å². The minimum absolute atomic E-state index is 0.359. The fraction of sp³-hybridized carbons (Fsp3) is 0.250. The number of nitrogens with one attached hydrogen (secondary N) is 1. The van der Waals surface area contributed by atoms with Gasteiger partial charge in [-0.05, 0) is 77.3 Å². The molecule has 0 radical (unpaired) electrons. The first-order valence-corrected chi connectivity index (χ1v) is 11.9. The van der Waals surface area contributed by atoms with Crippen LogP contribution in [0.2, 0.25) is 15.1 Å². The molecule has 3 aromatic carbocycles. The Morgan fingerprint density at radius 1 is 0.903 bits per heavy atom. The van der Waals surface area contributed by atoms with Gasteiger partial charge in [0.05, 0.1) is 11.1 Å². The number of hydrogen-bond acceptors (Lipinski definition) is 3. The highest BCUT2D eigenvalue weighted by Gasteiger charge is 2.13. The van der Waals surface area contributed by atoms with Crippen molar-refractivity contribution in [3.8, 4) is 11.5 Å². The Kier molecular flexibility index (Phi) is 9.36. The smallest absolute Gasteiger partial charge is 0.175 e. The first-order chi connectivity index (χ1) is 15.0. The van der Waals surface area contributed by atoms with Crippen molar-refractivity contribution in [2.24, 2.45) is 0 Å². The van der Waals surface area contributed by atoms with E-state index in [4.69, 9.17) is 44.3 Å². The van der Waals surface area contributed by atoms with Crippen molar-refractivity contribution >= 4 is 50.7 Å². The summed E-state index contributed by atoms with van der Waals surface area (Å²) < 4.78 is 12.7. The largest absolute Gasteiger partial charge is 0.490 e. The van der Waals surface area contributed by atoms with Gasteiger partial charge in [-0.2, -0.15) is 0 Å². The lowest BCUT2D eigenvalue weighted by atomic mass is 10.1. The Balaban J connectivity index is 1.63. The maximum atomic E-state index is 6.25. The average Bonchev–Trinajstić information content (AvgIpc) is 2.73. The fourth-order valence-electron chi connectivity index (χ4n) is 3.07. The van der Waals surface area contributed by atoms with Gasteiger partial charge in [0, 0.05) is 27.2 Å². The van der Waals surface area contributed by atoms with Crippen LogP contribution in [-0.2, 0) is 19.6 Å². The van der Waals surface area contributed by atoms with Crippen molar-refractivity contribution < 1.29 is 9.47 Å². The predicted octanol–water partition coefficient (Wildman–Crippen LogP) is 7.72. The molecule has 0 bridgehead atoms. The Labute approximate surface area is 206 Å². The molecule has 31 heavy (non-hydrogen) atoms. The zero-order valence-corrected chi connectivity index (χ0v) is 20.9. The third kappa shape index (κ3) is 7.03. The summed E-state index contributed by atoms with van der Waals surface area (Å²) in [6.45, 7) is 4.33. The van der Waals surface area contributed by atoms with Gasteiger partial charge in [0.25, 0.3) is 0 Å². The molecule has 0 aliphatic carbocycles. The molecule has 164 valence electrons. The van der Waals surface area contributed by atoms with Crippen molar-refractivity contribution in [2.75, 3.05) is 13.2 Å². The van der Waals surface area contributed by atoms with Crippen LogP contribution in [0.4, 0.5) is 0 Å². The van der Waals surface area contributed by atoms with Crippen molar-refractivity contribution in [3.63, 3.8) is 0 Å². The molecule has 0 aliphatic heterocycles. The Hall–Kier alpha value is -1.43. The summed E-state index contributed by atoms with van der Waals surface area (Å²) in [5, 5.41) is 5.46. The summed E-state index contributed by atoms with van der Waals surface area (Å²) in [5.41, 5.74) is 3.07. The van der Waals surface area contributed by atoms with E-state index in [2.05, 4.69) is 21.2 Å². The molecule has 3 nitrogen and oxygen atoms in total. The average molecular weight is 544 g/mol. The summed E-state index contributed by atoms with van der Waals surface area (Å²) >= 11 is 22.1. The molecule has 0 heterocycles. The van der Waals surface area contributed by atoms with Gasteiger partial charge in [-0.3, -0.25) is 0 Å². The Morgan fingerprint density at radius 3 is 2.45 bits per heavy atom. The maximum Gasteiger partial charge on any atom is 0.175 e. The molecule has 0 spiro atoms. The Bertz CT molecular complexity index is 1030. The van der Waals surface area contributed by atoms with E-state index in [-0.39, 0.29) is 0 Å². The van der Waals surface area contributed by atoms with E-state index in [0.717, 1.165) is 34.1 Å². The highest BCUT2D eigenvalue weighted by atomic mass is 79.9. The van der Waals surface area contributed by atoms with Crippen LogP contribution in [-0.4, -0.2) is 13.2 Å². The lowest BCUT2D eigenvalue weighted by Gasteiger charge is -2.16. The lowest BCUT2D eigenvalue weighted by molar-refractivity contribution is 0.267. The van der Waals surface area contributed by atoms with Crippen LogP contribution < -0.4 is 14.8 Å². The van der Waals surface area contributed by atoms with Crippen LogP contribution in [0.5, 0.6) is 11.5 Å². The van der Waals surface area contributed by atoms with Gasteiger partial charge in [0.2, 0.25) is 0 Å². The van der Waals surface area contributed by atoms with Crippen LogP contribution in [0.25, 0.3) is 0 Å². The van der Waals surface area contributed by atoms with Gasteiger partial charge in [-0.15, -0.1) is 0 Å². The van der Waals surface area contributed by atoms with E-state index >= 15 is 0 Å². The van der Waals surface area contributed by atoms with E-state index in [1.54, 1.807) is 6.07 Å². The van der Waals surface area contributed by atoms with Gasteiger partial charge in [0.15, 0.2) is 11.5 Å². The quantitative estimate of drug-likeness (QED) is 0.266. The van der Waals surface area contributed by atoms with Gasteiger partial charge >= 0.3 is 0 Å². The third-order valence-corrected chi connectivity index (χ3v) is 6.16. The minimum Gasteiger partial charge on any atom is -0.490 e. The zero-order chi connectivity index (χ0) is 22.2. The molecule has 0 saturated heterocycles. The topological polar surface area (TPSA) is 30.5 Å². The van der Waals surface area contributed by atoms with Crippen LogP contribution >= 0.6 is 50.7 Å². The molecule has 0 aliphatic rings. The normalized spacial score (nSPS) is 10.9. The van der Waals surface area contributed by atoms with Gasteiger partial charge in [-0.1, -0.05) is 59.1 Å². The number of rotatable bonds is 10. The lowest BCUT2D eigenvalue weighted by Crippen LogP contribution is -2.17. The number of ether oxygens (including phenoxy) is 2. The van der Waals surface area contributed by atoms with Gasteiger partial charge in [-0.25, -0.2) is 0 Å². The standard InChI is InChI=1S/C24H23BrCl3NO2/c1-2-30-23-12-16(14-29-10-9-17-7-8-19(26)13-22(17)28)11-20(25)24(23)31-15-18-5-3-4-6-21(18)27/h3-8,11-13,29H,2,9-10,14-15H2,1H3. The molecule has 0 atom stereocenters. The van der Waals surface area contributed by atoms with Gasteiger partial charge < -0.3 is 14.8 Å². The molecular formula is C24H23BrCl3NO2. The van der Waals surface area contributed by atoms with Crippen LogP contribution in [0.3, 0.4) is 0 Å². The second kappa shape index (κ2) is 12.0. The molecule has 3 aromatic rings.